The Hall–Kier alpha value is -0.610. The van der Waals surface area contributed by atoms with E-state index in [2.05, 4.69) is 24.1 Å². The van der Waals surface area contributed by atoms with Crippen molar-refractivity contribution in [2.24, 2.45) is 0 Å². The molecule has 2 atom stereocenters. The van der Waals surface area contributed by atoms with Crippen LogP contribution >= 0.6 is 0 Å². The van der Waals surface area contributed by atoms with Gasteiger partial charge in [-0.15, -0.1) is 0 Å². The number of hydrogen-bond acceptors (Lipinski definition) is 4. The predicted molar refractivity (Wildman–Crippen MR) is 55.1 cm³/mol. The largest absolute Gasteiger partial charge is 0.465 e. The van der Waals surface area contributed by atoms with Crippen LogP contribution in [0.3, 0.4) is 0 Å². The van der Waals surface area contributed by atoms with E-state index < -0.39 is 0 Å². The third-order valence-electron chi connectivity index (χ3n) is 2.63. The molecule has 0 unspecified atom stereocenters. The van der Waals surface area contributed by atoms with Crippen LogP contribution in [0.5, 0.6) is 0 Å². The summed E-state index contributed by atoms with van der Waals surface area (Å²) in [6.45, 7) is 8.87. The average Bonchev–Trinajstić information content (AvgIpc) is 2.12. The van der Waals surface area contributed by atoms with Gasteiger partial charge in [0.15, 0.2) is 0 Å². The number of esters is 1. The van der Waals surface area contributed by atoms with Crippen LogP contribution in [-0.2, 0) is 9.53 Å². The fourth-order valence-corrected chi connectivity index (χ4v) is 1.84. The van der Waals surface area contributed by atoms with Gasteiger partial charge in [-0.25, -0.2) is 0 Å². The molecule has 1 aliphatic rings. The zero-order valence-electron chi connectivity index (χ0n) is 9.25. The Morgan fingerprint density at radius 3 is 2.50 bits per heavy atom. The van der Waals surface area contributed by atoms with Crippen LogP contribution in [0.1, 0.15) is 20.8 Å². The highest BCUT2D eigenvalue weighted by Gasteiger charge is 2.26. The number of carbonyl (C=O) groups is 1. The number of piperazine rings is 1. The summed E-state index contributed by atoms with van der Waals surface area (Å²) < 4.78 is 4.94. The lowest BCUT2D eigenvalue weighted by Crippen LogP contribution is -2.56. The number of nitrogens with one attached hydrogen (secondary N) is 1. The van der Waals surface area contributed by atoms with Crippen LogP contribution in [0.2, 0.25) is 0 Å². The minimum absolute atomic E-state index is 0.118. The molecule has 0 aromatic rings. The Labute approximate surface area is 85.6 Å². The summed E-state index contributed by atoms with van der Waals surface area (Å²) in [5.41, 5.74) is 0. The Morgan fingerprint density at radius 1 is 1.43 bits per heavy atom. The van der Waals surface area contributed by atoms with Crippen molar-refractivity contribution < 1.29 is 9.53 Å². The van der Waals surface area contributed by atoms with Crippen molar-refractivity contribution in [3.8, 4) is 0 Å². The van der Waals surface area contributed by atoms with Crippen LogP contribution in [-0.4, -0.2) is 49.2 Å². The van der Waals surface area contributed by atoms with E-state index in [-0.39, 0.29) is 5.97 Å². The molecule has 1 heterocycles. The van der Waals surface area contributed by atoms with E-state index in [9.17, 15) is 4.79 Å². The molecule has 0 aromatic heterocycles. The number of carbonyl (C=O) groups excluding carboxylic acids is 1. The Bertz CT molecular complexity index is 187. The molecule has 0 radical (unpaired) electrons. The van der Waals surface area contributed by atoms with E-state index in [1.54, 1.807) is 0 Å². The lowest BCUT2D eigenvalue weighted by molar-refractivity contribution is -0.146. The fourth-order valence-electron chi connectivity index (χ4n) is 1.84. The Balaban J connectivity index is 2.43. The zero-order chi connectivity index (χ0) is 10.6. The molecule has 0 aliphatic carbocycles. The second-order valence-electron chi connectivity index (χ2n) is 3.83. The van der Waals surface area contributed by atoms with Crippen LogP contribution in [0, 0.1) is 0 Å². The standard InChI is InChI=1S/C10H20N2O2/c1-4-14-10(13)7-12-8(2)5-11-6-9(12)3/h8-9,11H,4-7H2,1-3H3/t8-,9+. The summed E-state index contributed by atoms with van der Waals surface area (Å²) in [5, 5.41) is 3.33. The quantitative estimate of drug-likeness (QED) is 0.662. The predicted octanol–water partition coefficient (Wildman–Crippen LogP) is 0.232. The summed E-state index contributed by atoms with van der Waals surface area (Å²) in [4.78, 5) is 13.5. The van der Waals surface area contributed by atoms with E-state index >= 15 is 0 Å². The molecule has 1 saturated heterocycles. The number of ether oxygens (including phenoxy) is 1. The first-order valence-corrected chi connectivity index (χ1v) is 5.27. The van der Waals surface area contributed by atoms with Crippen molar-refractivity contribution in [3.63, 3.8) is 0 Å². The third kappa shape index (κ3) is 2.96. The van der Waals surface area contributed by atoms with Gasteiger partial charge < -0.3 is 10.1 Å². The SMILES string of the molecule is CCOC(=O)CN1[C@H](C)CNC[C@@H]1C. The van der Waals surface area contributed by atoms with E-state index in [4.69, 9.17) is 4.74 Å². The summed E-state index contributed by atoms with van der Waals surface area (Å²) in [6.07, 6.45) is 0. The van der Waals surface area contributed by atoms with Gasteiger partial charge >= 0.3 is 5.97 Å². The fraction of sp³-hybridized carbons (Fsp3) is 0.900. The van der Waals surface area contributed by atoms with Gasteiger partial charge in [-0.2, -0.15) is 0 Å². The molecule has 1 aliphatic heterocycles. The van der Waals surface area contributed by atoms with Crippen LogP contribution in [0.15, 0.2) is 0 Å². The molecule has 1 fully saturated rings. The first kappa shape index (κ1) is 11.5. The van der Waals surface area contributed by atoms with Gasteiger partial charge in [-0.3, -0.25) is 9.69 Å². The van der Waals surface area contributed by atoms with Gasteiger partial charge in [-0.05, 0) is 20.8 Å². The number of rotatable bonds is 3. The maximum atomic E-state index is 11.3. The third-order valence-corrected chi connectivity index (χ3v) is 2.63. The maximum Gasteiger partial charge on any atom is 0.320 e. The van der Waals surface area contributed by atoms with E-state index in [1.165, 1.54) is 0 Å². The molecule has 0 spiro atoms. The second-order valence-corrected chi connectivity index (χ2v) is 3.83. The molecule has 0 saturated carbocycles. The number of hydrogen-bond donors (Lipinski definition) is 1. The van der Waals surface area contributed by atoms with Crippen molar-refractivity contribution in [1.82, 2.24) is 10.2 Å². The van der Waals surface area contributed by atoms with Gasteiger partial charge in [-0.1, -0.05) is 0 Å². The molecule has 1 N–H and O–H groups in total. The highest BCUT2D eigenvalue weighted by molar-refractivity contribution is 5.71. The van der Waals surface area contributed by atoms with E-state index in [1.807, 2.05) is 6.92 Å². The maximum absolute atomic E-state index is 11.3. The summed E-state index contributed by atoms with van der Waals surface area (Å²) in [7, 11) is 0. The molecule has 1 rings (SSSR count). The smallest absolute Gasteiger partial charge is 0.320 e. The van der Waals surface area contributed by atoms with E-state index in [0.717, 1.165) is 13.1 Å². The van der Waals surface area contributed by atoms with Crippen molar-refractivity contribution in [2.45, 2.75) is 32.9 Å². The van der Waals surface area contributed by atoms with Crippen molar-refractivity contribution >= 4 is 5.97 Å². The summed E-state index contributed by atoms with van der Waals surface area (Å²) >= 11 is 0. The molecule has 4 nitrogen and oxygen atoms in total. The topological polar surface area (TPSA) is 41.6 Å². The van der Waals surface area contributed by atoms with Crippen molar-refractivity contribution in [2.75, 3.05) is 26.2 Å². The first-order valence-electron chi connectivity index (χ1n) is 5.27. The minimum atomic E-state index is -0.118. The molecule has 0 amide bonds. The normalized spacial score (nSPS) is 28.8. The zero-order valence-corrected chi connectivity index (χ0v) is 9.25. The van der Waals surface area contributed by atoms with Gasteiger partial charge in [0.25, 0.3) is 0 Å². The molecule has 0 aromatic carbocycles. The highest BCUT2D eigenvalue weighted by atomic mass is 16.5. The summed E-state index contributed by atoms with van der Waals surface area (Å²) in [6, 6.07) is 0.811. The molecule has 0 bridgehead atoms. The Kier molecular flexibility index (Phi) is 4.35. The minimum Gasteiger partial charge on any atom is -0.465 e. The number of nitrogens with zero attached hydrogens (tertiary/aromatic N) is 1. The molecular weight excluding hydrogens is 180 g/mol. The lowest BCUT2D eigenvalue weighted by Gasteiger charge is -2.38. The average molecular weight is 200 g/mol. The molecule has 14 heavy (non-hydrogen) atoms. The van der Waals surface area contributed by atoms with Crippen molar-refractivity contribution in [1.29, 1.82) is 0 Å². The molecule has 4 heteroatoms. The summed E-state index contributed by atoms with van der Waals surface area (Å²) in [5.74, 6) is -0.118. The van der Waals surface area contributed by atoms with Crippen LogP contribution in [0.25, 0.3) is 0 Å². The first-order chi connectivity index (χ1) is 6.65. The highest BCUT2D eigenvalue weighted by Crippen LogP contribution is 2.08. The van der Waals surface area contributed by atoms with Crippen LogP contribution < -0.4 is 5.32 Å². The van der Waals surface area contributed by atoms with Gasteiger partial charge in [0.05, 0.1) is 13.2 Å². The molecular formula is C10H20N2O2. The van der Waals surface area contributed by atoms with Gasteiger partial charge in [0.1, 0.15) is 0 Å². The van der Waals surface area contributed by atoms with Crippen molar-refractivity contribution in [3.05, 3.63) is 0 Å². The van der Waals surface area contributed by atoms with E-state index in [0.29, 0.717) is 25.2 Å². The van der Waals surface area contributed by atoms with Gasteiger partial charge in [0.2, 0.25) is 0 Å². The Morgan fingerprint density at radius 2 is 2.00 bits per heavy atom. The lowest BCUT2D eigenvalue weighted by atomic mass is 10.1. The second kappa shape index (κ2) is 5.32. The van der Waals surface area contributed by atoms with Crippen LogP contribution in [0.4, 0.5) is 0 Å². The monoisotopic (exact) mass is 200 g/mol. The molecule has 82 valence electrons. The van der Waals surface area contributed by atoms with Gasteiger partial charge in [0, 0.05) is 25.2 Å².